The monoisotopic (exact) mass is 470 g/mol. The topological polar surface area (TPSA) is 73.1 Å². The molecular weight excluding hydrogens is 448 g/mol. The number of benzene rings is 2. The van der Waals surface area contributed by atoms with Crippen LogP contribution in [0.2, 0.25) is 5.02 Å². The first-order chi connectivity index (χ1) is 16.4. The van der Waals surface area contributed by atoms with Gasteiger partial charge in [-0.15, -0.1) is 0 Å². The predicted octanol–water partition coefficient (Wildman–Crippen LogP) is 5.28. The number of hydrogen-bond donors (Lipinski definition) is 1. The van der Waals surface area contributed by atoms with Crippen LogP contribution in [0.1, 0.15) is 22.5 Å². The molecule has 0 aliphatic heterocycles. The van der Waals surface area contributed by atoms with Gasteiger partial charge in [0.15, 0.2) is 5.60 Å². The molecule has 0 saturated heterocycles. The van der Waals surface area contributed by atoms with Gasteiger partial charge in [-0.25, -0.2) is 9.97 Å². The number of aromatic nitrogens is 4. The second kappa shape index (κ2) is 8.56. The molecule has 5 aromatic rings. The van der Waals surface area contributed by atoms with Crippen molar-refractivity contribution in [3.63, 3.8) is 0 Å². The van der Waals surface area contributed by atoms with Gasteiger partial charge in [-0.05, 0) is 53.9 Å². The first-order valence-electron chi connectivity index (χ1n) is 10.8. The van der Waals surface area contributed by atoms with E-state index in [1.54, 1.807) is 25.8 Å². The average molecular weight is 471 g/mol. The van der Waals surface area contributed by atoms with Crippen LogP contribution in [0, 0.1) is 6.92 Å². The van der Waals surface area contributed by atoms with Crippen molar-refractivity contribution in [2.24, 2.45) is 7.05 Å². The van der Waals surface area contributed by atoms with Gasteiger partial charge < -0.3 is 14.4 Å². The van der Waals surface area contributed by atoms with Crippen molar-refractivity contribution < 1.29 is 9.84 Å². The minimum absolute atomic E-state index is 0.500. The van der Waals surface area contributed by atoms with Crippen molar-refractivity contribution >= 4 is 22.5 Å². The summed E-state index contributed by atoms with van der Waals surface area (Å²) in [5.41, 5.74) is 3.91. The number of nitrogens with zero attached hydrogens (tertiary/aromatic N) is 4. The predicted molar refractivity (Wildman–Crippen MR) is 133 cm³/mol. The Balaban J connectivity index is 1.80. The summed E-state index contributed by atoms with van der Waals surface area (Å²) in [4.78, 5) is 13.3. The summed E-state index contributed by atoms with van der Waals surface area (Å²) in [7, 11) is 3.45. The van der Waals surface area contributed by atoms with E-state index < -0.39 is 5.60 Å². The Morgan fingerprint density at radius 1 is 1.00 bits per heavy atom. The summed E-state index contributed by atoms with van der Waals surface area (Å²) in [6, 6.07) is 19.0. The average Bonchev–Trinajstić information content (AvgIpc) is 3.29. The molecule has 3 heterocycles. The molecule has 1 N–H and O–H groups in total. The number of pyridine rings is 2. The molecule has 34 heavy (non-hydrogen) atoms. The first-order valence-corrected chi connectivity index (χ1v) is 11.2. The standard InChI is InChI=1S/C27H23ClN4O2/c1-17-7-8-20(14-30-17)27(33,25-15-29-16-32(25)2)19-9-10-24-23(12-19)22(13-26(31-24)34-3)18-5-4-6-21(28)11-18/h4-16,33H,1-3H3. The van der Waals surface area contributed by atoms with Gasteiger partial charge in [0.2, 0.25) is 5.88 Å². The van der Waals surface area contributed by atoms with Crippen LogP contribution in [0.25, 0.3) is 22.0 Å². The Hall–Kier alpha value is -3.74. The molecule has 0 radical (unpaired) electrons. The maximum atomic E-state index is 12.3. The van der Waals surface area contributed by atoms with Crippen LogP contribution in [0.4, 0.5) is 0 Å². The molecule has 3 aromatic heterocycles. The number of methoxy groups -OCH3 is 1. The van der Waals surface area contributed by atoms with E-state index in [9.17, 15) is 5.11 Å². The van der Waals surface area contributed by atoms with E-state index in [4.69, 9.17) is 16.3 Å². The molecule has 1 unspecified atom stereocenters. The SMILES string of the molecule is COc1cc(-c2cccc(Cl)c2)c2cc(C(O)(c3ccc(C)nc3)c3cncn3C)ccc2n1. The van der Waals surface area contributed by atoms with Crippen LogP contribution in [-0.2, 0) is 12.6 Å². The summed E-state index contributed by atoms with van der Waals surface area (Å²) in [5, 5.41) is 13.8. The molecule has 0 aliphatic carbocycles. The van der Waals surface area contributed by atoms with Crippen molar-refractivity contribution in [3.05, 3.63) is 107 Å². The van der Waals surface area contributed by atoms with Crippen LogP contribution >= 0.6 is 11.6 Å². The third kappa shape index (κ3) is 3.71. The summed E-state index contributed by atoms with van der Waals surface area (Å²) >= 11 is 6.30. The fraction of sp³-hybridized carbons (Fsp3) is 0.148. The van der Waals surface area contributed by atoms with Crippen molar-refractivity contribution in [2.75, 3.05) is 7.11 Å². The van der Waals surface area contributed by atoms with E-state index in [-0.39, 0.29) is 0 Å². The Morgan fingerprint density at radius 2 is 1.82 bits per heavy atom. The van der Waals surface area contributed by atoms with Crippen LogP contribution in [-0.4, -0.2) is 31.7 Å². The summed E-state index contributed by atoms with van der Waals surface area (Å²) in [5.74, 6) is 0.500. The lowest BCUT2D eigenvalue weighted by Crippen LogP contribution is -2.31. The van der Waals surface area contributed by atoms with E-state index in [0.29, 0.717) is 27.7 Å². The van der Waals surface area contributed by atoms with E-state index in [2.05, 4.69) is 15.0 Å². The number of fused-ring (bicyclic) bond motifs is 1. The third-order valence-corrected chi connectivity index (χ3v) is 6.30. The zero-order valence-corrected chi connectivity index (χ0v) is 19.8. The summed E-state index contributed by atoms with van der Waals surface area (Å²) < 4.78 is 7.27. The Labute approximate surface area is 202 Å². The number of rotatable bonds is 5. The van der Waals surface area contributed by atoms with Crippen LogP contribution in [0.15, 0.2) is 79.4 Å². The van der Waals surface area contributed by atoms with Crippen molar-refractivity contribution in [2.45, 2.75) is 12.5 Å². The molecule has 0 fully saturated rings. The number of aryl methyl sites for hydroxylation is 2. The fourth-order valence-corrected chi connectivity index (χ4v) is 4.47. The maximum Gasteiger partial charge on any atom is 0.214 e. The van der Waals surface area contributed by atoms with Crippen LogP contribution in [0.3, 0.4) is 0 Å². The number of aliphatic hydroxyl groups is 1. The molecule has 0 amide bonds. The zero-order chi connectivity index (χ0) is 23.9. The molecular formula is C27H23ClN4O2. The van der Waals surface area contributed by atoms with E-state index in [1.165, 1.54) is 0 Å². The summed E-state index contributed by atoms with van der Waals surface area (Å²) in [6.45, 7) is 1.92. The van der Waals surface area contributed by atoms with Crippen molar-refractivity contribution in [1.82, 2.24) is 19.5 Å². The Morgan fingerprint density at radius 3 is 2.50 bits per heavy atom. The van der Waals surface area contributed by atoms with E-state index >= 15 is 0 Å². The molecule has 5 rings (SSSR count). The van der Waals surface area contributed by atoms with Crippen LogP contribution in [0.5, 0.6) is 5.88 Å². The lowest BCUT2D eigenvalue weighted by molar-refractivity contribution is 0.117. The van der Waals surface area contributed by atoms with Gasteiger partial charge in [0.25, 0.3) is 0 Å². The van der Waals surface area contributed by atoms with Crippen molar-refractivity contribution in [3.8, 4) is 17.0 Å². The maximum absolute atomic E-state index is 12.3. The van der Waals surface area contributed by atoms with Gasteiger partial charge in [0.05, 0.1) is 30.8 Å². The highest BCUT2D eigenvalue weighted by atomic mass is 35.5. The lowest BCUT2D eigenvalue weighted by Gasteiger charge is -2.30. The molecule has 6 nitrogen and oxygen atoms in total. The molecule has 7 heteroatoms. The Kier molecular flexibility index (Phi) is 5.55. The highest BCUT2D eigenvalue weighted by Crippen LogP contribution is 2.40. The van der Waals surface area contributed by atoms with Gasteiger partial charge >= 0.3 is 0 Å². The smallest absolute Gasteiger partial charge is 0.214 e. The molecule has 1 atom stereocenters. The van der Waals surface area contributed by atoms with Crippen LogP contribution < -0.4 is 4.74 Å². The molecule has 0 aliphatic rings. The summed E-state index contributed by atoms with van der Waals surface area (Å²) in [6.07, 6.45) is 5.05. The highest BCUT2D eigenvalue weighted by molar-refractivity contribution is 6.30. The number of ether oxygens (including phenoxy) is 1. The molecule has 0 saturated carbocycles. The second-order valence-corrected chi connectivity index (χ2v) is 8.68. The van der Waals surface area contributed by atoms with Gasteiger partial charge in [-0.2, -0.15) is 0 Å². The fourth-order valence-electron chi connectivity index (χ4n) is 4.28. The normalized spacial score (nSPS) is 13.1. The van der Waals surface area contributed by atoms with Gasteiger partial charge in [-0.3, -0.25) is 4.98 Å². The van der Waals surface area contributed by atoms with E-state index in [0.717, 1.165) is 27.7 Å². The molecule has 0 spiro atoms. The number of imidazole rings is 1. The largest absolute Gasteiger partial charge is 0.481 e. The van der Waals surface area contributed by atoms with E-state index in [1.807, 2.05) is 79.2 Å². The zero-order valence-electron chi connectivity index (χ0n) is 19.0. The van der Waals surface area contributed by atoms with Gasteiger partial charge in [0, 0.05) is 41.0 Å². The molecule has 0 bridgehead atoms. The highest BCUT2D eigenvalue weighted by Gasteiger charge is 2.37. The Bertz CT molecular complexity index is 1500. The minimum atomic E-state index is -1.48. The lowest BCUT2D eigenvalue weighted by atomic mass is 9.83. The molecule has 170 valence electrons. The second-order valence-electron chi connectivity index (χ2n) is 8.24. The first kappa shape index (κ1) is 22.1. The van der Waals surface area contributed by atoms with Crippen molar-refractivity contribution in [1.29, 1.82) is 0 Å². The quantitative estimate of drug-likeness (QED) is 0.378. The third-order valence-electron chi connectivity index (χ3n) is 6.06. The minimum Gasteiger partial charge on any atom is -0.481 e. The number of halogens is 1. The molecule has 2 aromatic carbocycles. The number of hydrogen-bond acceptors (Lipinski definition) is 5. The van der Waals surface area contributed by atoms with Gasteiger partial charge in [0.1, 0.15) is 0 Å². The van der Waals surface area contributed by atoms with Gasteiger partial charge in [-0.1, -0.05) is 35.9 Å².